The predicted molar refractivity (Wildman–Crippen MR) is 70.0 cm³/mol. The van der Waals surface area contributed by atoms with Gasteiger partial charge in [0, 0.05) is 7.05 Å². The van der Waals surface area contributed by atoms with E-state index in [1.165, 1.54) is 19.3 Å². The van der Waals surface area contributed by atoms with Crippen LogP contribution in [0.5, 0.6) is 0 Å². The second-order valence-electron chi connectivity index (χ2n) is 3.69. The zero-order valence-corrected chi connectivity index (χ0v) is 10.7. The van der Waals surface area contributed by atoms with Gasteiger partial charge >= 0.3 is 0 Å². The number of nitrogens with zero attached hydrogens (tertiary/aromatic N) is 1. The molecule has 1 fully saturated rings. The summed E-state index contributed by atoms with van der Waals surface area (Å²) >= 11 is 6.74. The number of oxime groups is 1. The molecule has 0 aromatic carbocycles. The Kier molecular flexibility index (Phi) is 6.02. The Hall–Kier alpha value is -0.290. The predicted octanol–water partition coefficient (Wildman–Crippen LogP) is 2.78. The smallest absolute Gasteiger partial charge is 0.134 e. The molecule has 1 atom stereocenters. The summed E-state index contributed by atoms with van der Waals surface area (Å²) in [5, 5.41) is 15.6. The molecule has 0 aromatic rings. The maximum atomic E-state index is 8.97. The lowest BCUT2D eigenvalue weighted by molar-refractivity contribution is 0.315. The number of thioether (sulfide) groups is 1. The monoisotopic (exact) mass is 246 g/mol. The highest BCUT2D eigenvalue weighted by molar-refractivity contribution is 8.23. The van der Waals surface area contributed by atoms with E-state index in [-0.39, 0.29) is 5.25 Å². The van der Waals surface area contributed by atoms with Crippen LogP contribution in [0.15, 0.2) is 5.16 Å². The van der Waals surface area contributed by atoms with Crippen molar-refractivity contribution in [2.24, 2.45) is 5.16 Å². The summed E-state index contributed by atoms with van der Waals surface area (Å²) in [6.07, 6.45) is 6.81. The highest BCUT2D eigenvalue weighted by Gasteiger charge is 2.20. The average molecular weight is 246 g/mol. The minimum Gasteiger partial charge on any atom is -0.411 e. The van der Waals surface area contributed by atoms with Gasteiger partial charge in [0.1, 0.15) is 4.32 Å². The van der Waals surface area contributed by atoms with Crippen molar-refractivity contribution in [1.82, 2.24) is 5.32 Å². The number of hydrogen-bond donors (Lipinski definition) is 2. The minimum atomic E-state index is 0.259. The molecule has 5 heteroatoms. The Morgan fingerprint density at radius 1 is 1.47 bits per heavy atom. The third-order valence-electron chi connectivity index (χ3n) is 2.60. The topological polar surface area (TPSA) is 44.6 Å². The molecule has 86 valence electrons. The first-order chi connectivity index (χ1) is 7.27. The Morgan fingerprint density at radius 2 is 2.20 bits per heavy atom. The molecule has 1 aliphatic carbocycles. The zero-order valence-electron chi connectivity index (χ0n) is 9.03. The van der Waals surface area contributed by atoms with Crippen molar-refractivity contribution in [3.05, 3.63) is 0 Å². The summed E-state index contributed by atoms with van der Waals surface area (Å²) in [5.74, 6) is 0. The molecule has 1 unspecified atom stereocenters. The molecule has 2 N–H and O–H groups in total. The van der Waals surface area contributed by atoms with Gasteiger partial charge in [-0.3, -0.25) is 0 Å². The summed E-state index contributed by atoms with van der Waals surface area (Å²) in [4.78, 5) is 0. The van der Waals surface area contributed by atoms with Gasteiger partial charge in [-0.1, -0.05) is 48.4 Å². The van der Waals surface area contributed by atoms with Gasteiger partial charge in [-0.15, -0.1) is 0 Å². The maximum Gasteiger partial charge on any atom is 0.134 e. The number of hydrogen-bond acceptors (Lipinski definition) is 4. The summed E-state index contributed by atoms with van der Waals surface area (Å²) in [7, 11) is 1.83. The second-order valence-corrected chi connectivity index (χ2v) is 5.57. The molecule has 0 saturated heterocycles. The Morgan fingerprint density at radius 3 is 2.87 bits per heavy atom. The van der Waals surface area contributed by atoms with E-state index in [2.05, 4.69) is 10.5 Å². The van der Waals surface area contributed by atoms with Crippen LogP contribution in [-0.2, 0) is 0 Å². The van der Waals surface area contributed by atoms with Crippen molar-refractivity contribution in [3.8, 4) is 0 Å². The fourth-order valence-corrected chi connectivity index (χ4v) is 3.06. The Balaban J connectivity index is 2.57. The van der Waals surface area contributed by atoms with Crippen LogP contribution in [0.25, 0.3) is 0 Å². The minimum absolute atomic E-state index is 0.259. The number of thiocarbonyl (C=S) groups is 1. The van der Waals surface area contributed by atoms with Crippen molar-refractivity contribution in [2.45, 2.75) is 43.8 Å². The average Bonchev–Trinajstić information content (AvgIpc) is 2.22. The molecular formula is C10H18N2OS2. The molecule has 1 rings (SSSR count). The summed E-state index contributed by atoms with van der Waals surface area (Å²) in [6, 6.07) is 0. The molecular weight excluding hydrogens is 228 g/mol. The molecule has 1 saturated carbocycles. The standard InChI is InChI=1S/C10H18N2OS2/c1-11-10(14)15-9-7-5-3-2-4-6-8(9)12-13/h9,13H,2-7H2,1H3,(H,11,14)/b12-8+. The number of nitrogens with one attached hydrogen (secondary N) is 1. The van der Waals surface area contributed by atoms with E-state index in [1.54, 1.807) is 11.8 Å². The zero-order chi connectivity index (χ0) is 11.1. The van der Waals surface area contributed by atoms with E-state index < -0.39 is 0 Å². The van der Waals surface area contributed by atoms with Crippen molar-refractivity contribution in [1.29, 1.82) is 0 Å². The number of rotatable bonds is 1. The molecule has 0 radical (unpaired) electrons. The summed E-state index contributed by atoms with van der Waals surface area (Å²) in [5.41, 5.74) is 0.900. The Labute approximate surface area is 101 Å². The fourth-order valence-electron chi connectivity index (χ4n) is 1.75. The van der Waals surface area contributed by atoms with Crippen LogP contribution in [0, 0.1) is 0 Å². The normalized spacial score (nSPS) is 25.7. The van der Waals surface area contributed by atoms with Crippen molar-refractivity contribution in [2.75, 3.05) is 7.05 Å². The highest BCUT2D eigenvalue weighted by atomic mass is 32.2. The van der Waals surface area contributed by atoms with Gasteiger partial charge in [-0.25, -0.2) is 0 Å². The molecule has 0 bridgehead atoms. The fraction of sp³-hybridized carbons (Fsp3) is 0.800. The van der Waals surface area contributed by atoms with Gasteiger partial charge in [-0.05, 0) is 19.3 Å². The van der Waals surface area contributed by atoms with Crippen LogP contribution < -0.4 is 5.32 Å². The van der Waals surface area contributed by atoms with Crippen LogP contribution >= 0.6 is 24.0 Å². The highest BCUT2D eigenvalue weighted by Crippen LogP contribution is 2.25. The van der Waals surface area contributed by atoms with Gasteiger partial charge in [-0.2, -0.15) is 0 Å². The van der Waals surface area contributed by atoms with Crippen LogP contribution in [0.2, 0.25) is 0 Å². The molecule has 0 amide bonds. The van der Waals surface area contributed by atoms with Crippen molar-refractivity contribution >= 4 is 34.0 Å². The first-order valence-corrected chi connectivity index (χ1v) is 6.66. The first kappa shape index (κ1) is 12.8. The second kappa shape index (κ2) is 7.06. The van der Waals surface area contributed by atoms with Gasteiger partial charge in [0.25, 0.3) is 0 Å². The van der Waals surface area contributed by atoms with Crippen LogP contribution in [0.4, 0.5) is 0 Å². The third kappa shape index (κ3) is 4.38. The van der Waals surface area contributed by atoms with Crippen LogP contribution in [0.3, 0.4) is 0 Å². The third-order valence-corrected chi connectivity index (χ3v) is 4.31. The lowest BCUT2D eigenvalue weighted by Gasteiger charge is -2.20. The summed E-state index contributed by atoms with van der Waals surface area (Å²) < 4.78 is 0.779. The van der Waals surface area contributed by atoms with E-state index in [0.29, 0.717) is 0 Å². The maximum absolute atomic E-state index is 8.97. The lowest BCUT2D eigenvalue weighted by Crippen LogP contribution is -2.24. The van der Waals surface area contributed by atoms with Crippen molar-refractivity contribution in [3.63, 3.8) is 0 Å². The largest absolute Gasteiger partial charge is 0.411 e. The van der Waals surface area contributed by atoms with Gasteiger partial charge in [0.15, 0.2) is 0 Å². The van der Waals surface area contributed by atoms with Gasteiger partial charge in [0.2, 0.25) is 0 Å². The quantitative estimate of drug-likeness (QED) is 0.424. The summed E-state index contributed by atoms with van der Waals surface area (Å²) in [6.45, 7) is 0. The first-order valence-electron chi connectivity index (χ1n) is 5.37. The van der Waals surface area contributed by atoms with Crippen LogP contribution in [0.1, 0.15) is 38.5 Å². The molecule has 0 aromatic heterocycles. The van der Waals surface area contributed by atoms with E-state index in [9.17, 15) is 0 Å². The van der Waals surface area contributed by atoms with Crippen LogP contribution in [-0.4, -0.2) is 27.5 Å². The van der Waals surface area contributed by atoms with E-state index >= 15 is 0 Å². The van der Waals surface area contributed by atoms with E-state index in [0.717, 1.165) is 29.3 Å². The Bertz CT molecular complexity index is 244. The molecule has 15 heavy (non-hydrogen) atoms. The van der Waals surface area contributed by atoms with Crippen molar-refractivity contribution < 1.29 is 5.21 Å². The van der Waals surface area contributed by atoms with E-state index in [4.69, 9.17) is 17.4 Å². The van der Waals surface area contributed by atoms with Gasteiger partial charge < -0.3 is 10.5 Å². The molecule has 3 nitrogen and oxygen atoms in total. The van der Waals surface area contributed by atoms with Gasteiger partial charge in [0.05, 0.1) is 11.0 Å². The SMILES string of the molecule is CNC(=S)SC1CCCCCC/C1=N\O. The molecule has 0 aliphatic heterocycles. The molecule has 0 spiro atoms. The van der Waals surface area contributed by atoms with E-state index in [1.807, 2.05) is 7.05 Å². The lowest BCUT2D eigenvalue weighted by atomic mass is 9.99. The molecule has 0 heterocycles. The molecule has 1 aliphatic rings.